The van der Waals surface area contributed by atoms with Gasteiger partial charge in [0.15, 0.2) is 0 Å². The van der Waals surface area contributed by atoms with Gasteiger partial charge < -0.3 is 14.4 Å². The predicted molar refractivity (Wildman–Crippen MR) is 132 cm³/mol. The summed E-state index contributed by atoms with van der Waals surface area (Å²) < 4.78 is 16.3. The van der Waals surface area contributed by atoms with Crippen LogP contribution in [-0.4, -0.2) is 45.8 Å². The number of fused-ring (bicyclic) bond motifs is 1. The van der Waals surface area contributed by atoms with Gasteiger partial charge in [0, 0.05) is 31.5 Å². The molecule has 186 valence electrons. The molecule has 2 heterocycles. The molecule has 7 rings (SSSR count). The standard InChI is InChI=1S/C29H36FN3O2/c1-2-8-32(28(35)29-16-20-12-21(17-29)14-22(13-20)18-29)19-26(34)33-11-10-31-9-4-7-25(31)27(33)23-5-3-6-24(30)15-23/h3-7,9,15,20-22,27H,2,8,10-14,16-19H2,1H3. The minimum atomic E-state index is -0.347. The second-order valence-corrected chi connectivity index (χ2v) is 11.6. The zero-order valence-electron chi connectivity index (χ0n) is 20.7. The quantitative estimate of drug-likeness (QED) is 0.587. The van der Waals surface area contributed by atoms with Crippen molar-refractivity contribution in [1.29, 1.82) is 0 Å². The molecular weight excluding hydrogens is 441 g/mol. The van der Waals surface area contributed by atoms with Crippen LogP contribution in [0.4, 0.5) is 4.39 Å². The van der Waals surface area contributed by atoms with Gasteiger partial charge in [0.05, 0.1) is 18.0 Å². The number of rotatable bonds is 6. The van der Waals surface area contributed by atoms with Gasteiger partial charge in [-0.15, -0.1) is 0 Å². The number of halogens is 1. The number of hydrogen-bond donors (Lipinski definition) is 0. The van der Waals surface area contributed by atoms with E-state index in [1.54, 1.807) is 6.07 Å². The van der Waals surface area contributed by atoms with Crippen LogP contribution in [0.2, 0.25) is 0 Å². The Morgan fingerprint density at radius 2 is 1.74 bits per heavy atom. The fourth-order valence-corrected chi connectivity index (χ4v) is 8.16. The van der Waals surface area contributed by atoms with E-state index >= 15 is 0 Å². The lowest BCUT2D eigenvalue weighted by atomic mass is 9.49. The molecule has 0 N–H and O–H groups in total. The first-order chi connectivity index (χ1) is 17.0. The van der Waals surface area contributed by atoms with E-state index in [4.69, 9.17) is 0 Å². The van der Waals surface area contributed by atoms with Crippen LogP contribution in [0.15, 0.2) is 42.6 Å². The normalized spacial score (nSPS) is 30.9. The highest BCUT2D eigenvalue weighted by Gasteiger charge is 2.55. The predicted octanol–water partition coefficient (Wildman–Crippen LogP) is 5.01. The molecule has 1 unspecified atom stereocenters. The van der Waals surface area contributed by atoms with E-state index < -0.39 is 0 Å². The molecule has 0 spiro atoms. The maximum Gasteiger partial charge on any atom is 0.243 e. The third kappa shape index (κ3) is 3.99. The van der Waals surface area contributed by atoms with Crippen LogP contribution in [0.3, 0.4) is 0 Å². The van der Waals surface area contributed by atoms with Crippen molar-refractivity contribution in [2.45, 2.75) is 64.5 Å². The topological polar surface area (TPSA) is 45.6 Å². The van der Waals surface area contributed by atoms with E-state index in [0.717, 1.165) is 36.9 Å². The molecule has 1 atom stereocenters. The number of carbonyl (C=O) groups excluding carboxylic acids is 2. The van der Waals surface area contributed by atoms with E-state index in [0.29, 0.717) is 37.4 Å². The second kappa shape index (κ2) is 8.79. The number of hydrogen-bond acceptors (Lipinski definition) is 2. The Morgan fingerprint density at radius 3 is 2.40 bits per heavy atom. The summed E-state index contributed by atoms with van der Waals surface area (Å²) in [7, 11) is 0. The average Bonchev–Trinajstić information content (AvgIpc) is 3.30. The first kappa shape index (κ1) is 22.8. The summed E-state index contributed by atoms with van der Waals surface area (Å²) in [5.74, 6) is 1.95. The summed E-state index contributed by atoms with van der Waals surface area (Å²) in [4.78, 5) is 31.6. The summed E-state index contributed by atoms with van der Waals surface area (Å²) in [6, 6.07) is 10.2. The Morgan fingerprint density at radius 1 is 1.03 bits per heavy atom. The lowest BCUT2D eigenvalue weighted by Gasteiger charge is -2.56. The maximum atomic E-state index is 14.2. The molecule has 1 aliphatic heterocycles. The Balaban J connectivity index is 1.26. The summed E-state index contributed by atoms with van der Waals surface area (Å²) >= 11 is 0. The van der Waals surface area contributed by atoms with Gasteiger partial charge in [-0.2, -0.15) is 0 Å². The van der Waals surface area contributed by atoms with Crippen molar-refractivity contribution in [1.82, 2.24) is 14.4 Å². The summed E-state index contributed by atoms with van der Waals surface area (Å²) in [5.41, 5.74) is 1.51. The first-order valence-electron chi connectivity index (χ1n) is 13.4. The van der Waals surface area contributed by atoms with Crippen LogP contribution >= 0.6 is 0 Å². The molecule has 4 bridgehead atoms. The number of benzene rings is 1. The average molecular weight is 478 g/mol. The van der Waals surface area contributed by atoms with Crippen molar-refractivity contribution in [3.63, 3.8) is 0 Å². The highest BCUT2D eigenvalue weighted by atomic mass is 19.1. The summed E-state index contributed by atoms with van der Waals surface area (Å²) in [6.07, 6.45) is 9.76. The van der Waals surface area contributed by atoms with Gasteiger partial charge in [0.1, 0.15) is 5.82 Å². The Bertz CT molecular complexity index is 1090. The Hall–Kier alpha value is -2.63. The van der Waals surface area contributed by atoms with Gasteiger partial charge in [-0.3, -0.25) is 9.59 Å². The third-order valence-corrected chi connectivity index (χ3v) is 9.12. The molecule has 6 heteroatoms. The second-order valence-electron chi connectivity index (χ2n) is 11.6. The number of nitrogens with zero attached hydrogens (tertiary/aromatic N) is 3. The smallest absolute Gasteiger partial charge is 0.243 e. The Labute approximate surface area is 207 Å². The van der Waals surface area contributed by atoms with Gasteiger partial charge in [0.25, 0.3) is 0 Å². The minimum absolute atomic E-state index is 0.0433. The fraction of sp³-hybridized carbons (Fsp3) is 0.586. The van der Waals surface area contributed by atoms with E-state index in [1.165, 1.54) is 31.4 Å². The van der Waals surface area contributed by atoms with Crippen LogP contribution in [-0.2, 0) is 16.1 Å². The third-order valence-electron chi connectivity index (χ3n) is 9.12. The highest BCUT2D eigenvalue weighted by molar-refractivity contribution is 5.88. The molecule has 4 aliphatic carbocycles. The molecule has 5 nitrogen and oxygen atoms in total. The monoisotopic (exact) mass is 477 g/mol. The summed E-state index contributed by atoms with van der Waals surface area (Å²) in [5, 5.41) is 0. The van der Waals surface area contributed by atoms with Crippen LogP contribution in [0.25, 0.3) is 0 Å². The zero-order chi connectivity index (χ0) is 24.2. The Kier molecular flexibility index (Phi) is 5.73. The molecule has 1 aromatic carbocycles. The van der Waals surface area contributed by atoms with Crippen LogP contribution in [0.1, 0.15) is 69.2 Å². The minimum Gasteiger partial charge on any atom is -0.348 e. The molecule has 0 saturated heterocycles. The van der Waals surface area contributed by atoms with E-state index in [2.05, 4.69) is 11.5 Å². The van der Waals surface area contributed by atoms with Crippen LogP contribution in [0, 0.1) is 29.0 Å². The summed E-state index contributed by atoms with van der Waals surface area (Å²) in [6.45, 7) is 4.06. The molecule has 1 aromatic heterocycles. The van der Waals surface area contributed by atoms with E-state index in [9.17, 15) is 14.0 Å². The van der Waals surface area contributed by atoms with Crippen molar-refractivity contribution in [2.24, 2.45) is 23.2 Å². The van der Waals surface area contributed by atoms with Gasteiger partial charge in [-0.05, 0) is 92.5 Å². The van der Waals surface area contributed by atoms with Gasteiger partial charge in [0.2, 0.25) is 11.8 Å². The van der Waals surface area contributed by atoms with Crippen molar-refractivity contribution in [2.75, 3.05) is 19.6 Å². The number of amides is 2. The lowest BCUT2D eigenvalue weighted by Crippen LogP contribution is -2.56. The van der Waals surface area contributed by atoms with Gasteiger partial charge in [-0.1, -0.05) is 19.1 Å². The number of aromatic nitrogens is 1. The number of carbonyl (C=O) groups is 2. The largest absolute Gasteiger partial charge is 0.348 e. The fourth-order valence-electron chi connectivity index (χ4n) is 8.16. The molecule has 0 radical (unpaired) electrons. The molecule has 4 saturated carbocycles. The molecule has 5 aliphatic rings. The van der Waals surface area contributed by atoms with Gasteiger partial charge >= 0.3 is 0 Å². The zero-order valence-corrected chi connectivity index (χ0v) is 20.7. The maximum absolute atomic E-state index is 14.2. The molecule has 2 aromatic rings. The molecule has 2 amide bonds. The van der Waals surface area contributed by atoms with Crippen molar-refractivity contribution < 1.29 is 14.0 Å². The van der Waals surface area contributed by atoms with Gasteiger partial charge in [-0.25, -0.2) is 4.39 Å². The molecular formula is C29H36FN3O2. The van der Waals surface area contributed by atoms with Crippen LogP contribution < -0.4 is 0 Å². The molecule has 4 fully saturated rings. The molecule has 35 heavy (non-hydrogen) atoms. The van der Waals surface area contributed by atoms with Crippen molar-refractivity contribution in [3.8, 4) is 0 Å². The van der Waals surface area contributed by atoms with Crippen molar-refractivity contribution >= 4 is 11.8 Å². The van der Waals surface area contributed by atoms with E-state index in [1.807, 2.05) is 34.2 Å². The lowest BCUT2D eigenvalue weighted by molar-refractivity contribution is -0.160. The highest BCUT2D eigenvalue weighted by Crippen LogP contribution is 2.60. The van der Waals surface area contributed by atoms with Crippen LogP contribution in [0.5, 0.6) is 0 Å². The SMILES string of the molecule is CCCN(CC(=O)N1CCn2cccc2C1c1cccc(F)c1)C(=O)C12CC3CC(CC(C3)C1)C2. The van der Waals surface area contributed by atoms with Crippen molar-refractivity contribution in [3.05, 3.63) is 59.7 Å². The van der Waals surface area contributed by atoms with E-state index in [-0.39, 0.29) is 35.6 Å². The first-order valence-corrected chi connectivity index (χ1v) is 13.4.